The van der Waals surface area contributed by atoms with E-state index >= 15 is 0 Å². The Labute approximate surface area is 172 Å². The minimum atomic E-state index is -0.969. The van der Waals surface area contributed by atoms with E-state index in [1.54, 1.807) is 10.9 Å². The van der Waals surface area contributed by atoms with Crippen molar-refractivity contribution >= 4 is 27.8 Å². The van der Waals surface area contributed by atoms with Gasteiger partial charge in [0, 0.05) is 6.54 Å². The van der Waals surface area contributed by atoms with E-state index in [2.05, 4.69) is 44.5 Å². The van der Waals surface area contributed by atoms with Crippen LogP contribution in [0.5, 0.6) is 0 Å². The van der Waals surface area contributed by atoms with Crippen LogP contribution in [0.15, 0.2) is 55.1 Å². The Morgan fingerprint density at radius 2 is 1.93 bits per heavy atom. The summed E-state index contributed by atoms with van der Waals surface area (Å²) >= 11 is 0. The zero-order valence-electron chi connectivity index (χ0n) is 16.1. The SMILES string of the molecule is N[C@@H]1[C@H](O)[C@@H](CO)O[C@H]1n1cnc2c(NCc3cccc4ccccc34)ncnc21. The van der Waals surface area contributed by atoms with E-state index in [-0.39, 0.29) is 6.61 Å². The van der Waals surface area contributed by atoms with Gasteiger partial charge in [-0.05, 0) is 16.3 Å². The van der Waals surface area contributed by atoms with Crippen molar-refractivity contribution < 1.29 is 14.9 Å². The number of hydrogen-bond acceptors (Lipinski definition) is 8. The monoisotopic (exact) mass is 406 g/mol. The van der Waals surface area contributed by atoms with Crippen LogP contribution >= 0.6 is 0 Å². The maximum absolute atomic E-state index is 10.2. The number of imidazole rings is 1. The highest BCUT2D eigenvalue weighted by molar-refractivity contribution is 5.86. The molecular weight excluding hydrogens is 384 g/mol. The highest BCUT2D eigenvalue weighted by Gasteiger charge is 2.42. The van der Waals surface area contributed by atoms with Crippen molar-refractivity contribution in [1.82, 2.24) is 19.5 Å². The van der Waals surface area contributed by atoms with Crippen molar-refractivity contribution in [2.24, 2.45) is 5.73 Å². The lowest BCUT2D eigenvalue weighted by atomic mass is 10.0. The van der Waals surface area contributed by atoms with E-state index in [9.17, 15) is 10.2 Å². The first kappa shape index (κ1) is 18.9. The quantitative estimate of drug-likeness (QED) is 0.388. The Morgan fingerprint density at radius 3 is 2.77 bits per heavy atom. The van der Waals surface area contributed by atoms with Crippen molar-refractivity contribution in [3.8, 4) is 0 Å². The molecule has 154 valence electrons. The Balaban J connectivity index is 1.44. The van der Waals surface area contributed by atoms with E-state index < -0.39 is 24.5 Å². The molecule has 0 amide bonds. The second-order valence-corrected chi connectivity index (χ2v) is 7.35. The molecule has 4 atom stereocenters. The molecule has 1 aliphatic rings. The zero-order valence-corrected chi connectivity index (χ0v) is 16.1. The van der Waals surface area contributed by atoms with E-state index in [1.165, 1.54) is 17.1 Å². The molecule has 0 unspecified atom stereocenters. The summed E-state index contributed by atoms with van der Waals surface area (Å²) < 4.78 is 7.39. The van der Waals surface area contributed by atoms with Gasteiger partial charge in [0.1, 0.15) is 18.5 Å². The smallest absolute Gasteiger partial charge is 0.167 e. The Bertz CT molecular complexity index is 1190. The number of ether oxygens (including phenoxy) is 1. The van der Waals surface area contributed by atoms with Gasteiger partial charge in [0.25, 0.3) is 0 Å². The summed E-state index contributed by atoms with van der Waals surface area (Å²) in [7, 11) is 0. The molecule has 0 radical (unpaired) electrons. The van der Waals surface area contributed by atoms with Gasteiger partial charge in [-0.3, -0.25) is 4.57 Å². The van der Waals surface area contributed by atoms with Gasteiger partial charge in [-0.15, -0.1) is 0 Å². The summed E-state index contributed by atoms with van der Waals surface area (Å²) in [5, 5.41) is 25.2. The predicted octanol–water partition coefficient (Wildman–Crippen LogP) is 1.17. The molecule has 2 aromatic heterocycles. The first-order valence-electron chi connectivity index (χ1n) is 9.75. The van der Waals surface area contributed by atoms with Gasteiger partial charge in [-0.2, -0.15) is 0 Å². The average Bonchev–Trinajstić information content (AvgIpc) is 3.33. The fourth-order valence-corrected chi connectivity index (χ4v) is 3.96. The van der Waals surface area contributed by atoms with Gasteiger partial charge in [0.05, 0.1) is 19.0 Å². The van der Waals surface area contributed by atoms with Crippen molar-refractivity contribution in [3.05, 3.63) is 60.7 Å². The molecule has 1 saturated heterocycles. The van der Waals surface area contributed by atoms with E-state index in [4.69, 9.17) is 10.5 Å². The number of anilines is 1. The van der Waals surface area contributed by atoms with Crippen molar-refractivity contribution in [2.75, 3.05) is 11.9 Å². The van der Waals surface area contributed by atoms with Crippen LogP contribution < -0.4 is 11.1 Å². The van der Waals surface area contributed by atoms with Crippen LogP contribution in [0.3, 0.4) is 0 Å². The lowest BCUT2D eigenvalue weighted by Gasteiger charge is -2.17. The highest BCUT2D eigenvalue weighted by atomic mass is 16.5. The van der Waals surface area contributed by atoms with Crippen molar-refractivity contribution in [3.63, 3.8) is 0 Å². The first-order chi connectivity index (χ1) is 14.7. The molecule has 1 aliphatic heterocycles. The molecule has 0 spiro atoms. The van der Waals surface area contributed by atoms with Gasteiger partial charge in [-0.1, -0.05) is 42.5 Å². The molecule has 0 saturated carbocycles. The van der Waals surface area contributed by atoms with Gasteiger partial charge in [0.2, 0.25) is 0 Å². The number of hydrogen-bond donors (Lipinski definition) is 4. The maximum atomic E-state index is 10.2. The average molecular weight is 406 g/mol. The fourth-order valence-electron chi connectivity index (χ4n) is 3.96. The van der Waals surface area contributed by atoms with Crippen molar-refractivity contribution in [1.29, 1.82) is 0 Å². The van der Waals surface area contributed by atoms with E-state index in [1.807, 2.05) is 18.2 Å². The lowest BCUT2D eigenvalue weighted by Crippen LogP contribution is -2.39. The number of nitrogens with two attached hydrogens (primary N) is 1. The number of fused-ring (bicyclic) bond motifs is 2. The number of rotatable bonds is 5. The maximum Gasteiger partial charge on any atom is 0.167 e. The van der Waals surface area contributed by atoms with Crippen LogP contribution in [-0.2, 0) is 11.3 Å². The Kier molecular flexibility index (Phi) is 4.80. The summed E-state index contributed by atoms with van der Waals surface area (Å²) in [5.41, 5.74) is 8.37. The number of nitrogens with one attached hydrogen (secondary N) is 1. The third-order valence-electron chi connectivity index (χ3n) is 5.56. The number of benzene rings is 2. The fraction of sp³-hybridized carbons (Fsp3) is 0.286. The molecule has 4 aromatic rings. The molecule has 0 bridgehead atoms. The van der Waals surface area contributed by atoms with E-state index in [0.29, 0.717) is 23.5 Å². The molecule has 9 nitrogen and oxygen atoms in total. The largest absolute Gasteiger partial charge is 0.394 e. The van der Waals surface area contributed by atoms with Crippen LogP contribution in [0.25, 0.3) is 21.9 Å². The number of nitrogens with zero attached hydrogens (tertiary/aromatic N) is 4. The number of aromatic nitrogens is 4. The summed E-state index contributed by atoms with van der Waals surface area (Å²) in [4.78, 5) is 13.1. The summed E-state index contributed by atoms with van der Waals surface area (Å²) in [6, 6.07) is 13.7. The second-order valence-electron chi connectivity index (χ2n) is 7.35. The number of aliphatic hydroxyl groups excluding tert-OH is 2. The third-order valence-corrected chi connectivity index (χ3v) is 5.56. The summed E-state index contributed by atoms with van der Waals surface area (Å²) in [6.07, 6.45) is 0.630. The highest BCUT2D eigenvalue weighted by Crippen LogP contribution is 2.31. The van der Waals surface area contributed by atoms with Crippen LogP contribution in [-0.4, -0.2) is 54.6 Å². The first-order valence-corrected chi connectivity index (χ1v) is 9.75. The normalized spacial score (nSPS) is 24.0. The van der Waals surface area contributed by atoms with Gasteiger partial charge < -0.3 is 26.0 Å². The second kappa shape index (κ2) is 7.62. The predicted molar refractivity (Wildman–Crippen MR) is 112 cm³/mol. The lowest BCUT2D eigenvalue weighted by molar-refractivity contribution is -0.0437. The van der Waals surface area contributed by atoms with Crippen LogP contribution in [0, 0.1) is 0 Å². The zero-order chi connectivity index (χ0) is 20.7. The summed E-state index contributed by atoms with van der Waals surface area (Å²) in [5.74, 6) is 0.595. The minimum absolute atomic E-state index is 0.315. The summed E-state index contributed by atoms with van der Waals surface area (Å²) in [6.45, 7) is 0.260. The minimum Gasteiger partial charge on any atom is -0.394 e. The third kappa shape index (κ3) is 3.08. The molecule has 0 aliphatic carbocycles. The van der Waals surface area contributed by atoms with Crippen molar-refractivity contribution in [2.45, 2.75) is 31.0 Å². The molecular formula is C21H22N6O3. The topological polar surface area (TPSA) is 131 Å². The molecule has 3 heterocycles. The van der Waals surface area contributed by atoms with E-state index in [0.717, 1.165) is 5.56 Å². The molecule has 1 fully saturated rings. The molecule has 5 N–H and O–H groups in total. The van der Waals surface area contributed by atoms with Gasteiger partial charge >= 0.3 is 0 Å². The Hall–Kier alpha value is -3.11. The van der Waals surface area contributed by atoms with Gasteiger partial charge in [-0.25, -0.2) is 15.0 Å². The van der Waals surface area contributed by atoms with Gasteiger partial charge in [0.15, 0.2) is 23.2 Å². The van der Waals surface area contributed by atoms with Crippen LogP contribution in [0.4, 0.5) is 5.82 Å². The van der Waals surface area contributed by atoms with Crippen LogP contribution in [0.1, 0.15) is 11.8 Å². The number of aliphatic hydroxyl groups is 2. The molecule has 9 heteroatoms. The molecule has 5 rings (SSSR count). The standard InChI is InChI=1S/C21H22N6O3/c22-16-18(29)15(9-28)30-21(16)27-11-26-17-19(24-10-25-20(17)27)23-8-13-6-3-5-12-4-1-2-7-14(12)13/h1-7,10-11,15-16,18,21,28-29H,8-9,22H2,(H,23,24,25)/t15-,16-,18-,21-/m1/s1. The van der Waals surface area contributed by atoms with Crippen LogP contribution in [0.2, 0.25) is 0 Å². The molecule has 2 aromatic carbocycles. The Morgan fingerprint density at radius 1 is 1.10 bits per heavy atom. The molecule has 30 heavy (non-hydrogen) atoms.